The highest BCUT2D eigenvalue weighted by atomic mass is 32.2. The number of rotatable bonds is 3. The fourth-order valence-corrected chi connectivity index (χ4v) is 6.21. The van der Waals surface area contributed by atoms with Crippen molar-refractivity contribution in [1.29, 1.82) is 0 Å². The Morgan fingerprint density at radius 1 is 1.19 bits per heavy atom. The van der Waals surface area contributed by atoms with E-state index in [0.717, 1.165) is 43.6 Å². The van der Waals surface area contributed by atoms with Crippen molar-refractivity contribution in [2.75, 3.05) is 30.3 Å². The van der Waals surface area contributed by atoms with Gasteiger partial charge in [0.2, 0.25) is 0 Å². The fraction of sp³-hybridized carbons (Fsp3) is 0.500. The van der Waals surface area contributed by atoms with Crippen LogP contribution in [0, 0.1) is 0 Å². The first-order chi connectivity index (χ1) is 14.8. The van der Waals surface area contributed by atoms with E-state index in [2.05, 4.69) is 10.2 Å². The van der Waals surface area contributed by atoms with E-state index < -0.39 is 11.7 Å². The number of fused-ring (bicyclic) bond motifs is 3. The van der Waals surface area contributed by atoms with Gasteiger partial charge in [-0.1, -0.05) is 6.07 Å². The van der Waals surface area contributed by atoms with Crippen LogP contribution in [0.3, 0.4) is 0 Å². The van der Waals surface area contributed by atoms with Gasteiger partial charge in [0.15, 0.2) is 0 Å². The van der Waals surface area contributed by atoms with E-state index in [1.807, 2.05) is 37.7 Å². The molecule has 5 rings (SSSR count). The number of piperidine rings is 1. The molecule has 3 aliphatic rings. The first-order valence-corrected chi connectivity index (χ1v) is 12.1. The summed E-state index contributed by atoms with van der Waals surface area (Å²) in [6.45, 7) is 6.52. The number of benzene rings is 2. The van der Waals surface area contributed by atoms with Gasteiger partial charge in [0, 0.05) is 42.2 Å². The van der Waals surface area contributed by atoms with Gasteiger partial charge in [0.1, 0.15) is 5.75 Å². The van der Waals surface area contributed by atoms with Crippen LogP contribution in [0.5, 0.6) is 5.75 Å². The third-order valence-electron chi connectivity index (χ3n) is 6.46. The molecule has 0 radical (unpaired) electrons. The molecule has 0 bridgehead atoms. The van der Waals surface area contributed by atoms with Crippen LogP contribution in [0.1, 0.15) is 42.9 Å². The van der Waals surface area contributed by atoms with Gasteiger partial charge >= 0.3 is 6.18 Å². The quantitative estimate of drug-likeness (QED) is 0.654. The van der Waals surface area contributed by atoms with E-state index in [4.69, 9.17) is 4.74 Å². The Morgan fingerprint density at radius 3 is 2.81 bits per heavy atom. The van der Waals surface area contributed by atoms with Crippen molar-refractivity contribution in [3.8, 4) is 16.9 Å². The van der Waals surface area contributed by atoms with E-state index >= 15 is 0 Å². The zero-order chi connectivity index (χ0) is 21.8. The maximum absolute atomic E-state index is 14.0. The second-order valence-corrected chi connectivity index (χ2v) is 9.96. The lowest BCUT2D eigenvalue weighted by Gasteiger charge is -2.33. The van der Waals surface area contributed by atoms with E-state index in [9.17, 15) is 13.2 Å². The summed E-state index contributed by atoms with van der Waals surface area (Å²) in [7, 11) is 0. The molecule has 3 heterocycles. The second-order valence-electron chi connectivity index (χ2n) is 8.86. The van der Waals surface area contributed by atoms with Crippen LogP contribution in [0.25, 0.3) is 11.1 Å². The molecule has 1 saturated heterocycles. The van der Waals surface area contributed by atoms with Crippen molar-refractivity contribution < 1.29 is 17.9 Å². The molecule has 3 aliphatic heterocycles. The number of nitrogens with one attached hydrogen (secondary N) is 1. The van der Waals surface area contributed by atoms with Crippen molar-refractivity contribution in [1.82, 2.24) is 5.32 Å². The summed E-state index contributed by atoms with van der Waals surface area (Å²) < 4.78 is 47.7. The maximum Gasteiger partial charge on any atom is 0.417 e. The van der Waals surface area contributed by atoms with Crippen molar-refractivity contribution in [2.24, 2.45) is 0 Å². The maximum atomic E-state index is 14.0. The predicted octanol–water partition coefficient (Wildman–Crippen LogP) is 5.67. The van der Waals surface area contributed by atoms with Crippen molar-refractivity contribution >= 4 is 17.4 Å². The molecule has 1 N–H and O–H groups in total. The molecule has 7 heteroatoms. The van der Waals surface area contributed by atoms with Gasteiger partial charge in [-0.05, 0) is 73.3 Å². The zero-order valence-corrected chi connectivity index (χ0v) is 18.6. The first kappa shape index (κ1) is 21.0. The standard InChI is InChI=1S/C24H27F3N2OS/c1-14(2)30-17-3-4-18(21(11-17)24(25,26)27)15-9-16-13-31-8-7-29-22-5-6-28-12-20(22)19(10-15)23(16)29/h3-4,9-11,14,20,22,28H,5-8,12-13H2,1-2H3/t20-,22-/m0/s1. The Hall–Kier alpha value is -1.86. The number of nitrogens with zero attached hydrogens (tertiary/aromatic N) is 1. The van der Waals surface area contributed by atoms with Crippen LogP contribution in [0.4, 0.5) is 18.9 Å². The lowest BCUT2D eigenvalue weighted by atomic mass is 9.87. The summed E-state index contributed by atoms with van der Waals surface area (Å²) in [5.41, 5.74) is 3.91. The molecule has 0 spiro atoms. The van der Waals surface area contributed by atoms with Crippen LogP contribution >= 0.6 is 11.8 Å². The lowest BCUT2D eigenvalue weighted by molar-refractivity contribution is -0.137. The monoisotopic (exact) mass is 448 g/mol. The minimum Gasteiger partial charge on any atom is -0.491 e. The Morgan fingerprint density at radius 2 is 2.03 bits per heavy atom. The van der Waals surface area contributed by atoms with Gasteiger partial charge < -0.3 is 15.0 Å². The normalized spacial score (nSPS) is 22.8. The summed E-state index contributed by atoms with van der Waals surface area (Å²) in [6, 6.07) is 8.83. The number of hydrogen-bond acceptors (Lipinski definition) is 4. The molecule has 0 saturated carbocycles. The van der Waals surface area contributed by atoms with Crippen LogP contribution in [0.15, 0.2) is 30.3 Å². The van der Waals surface area contributed by atoms with Crippen molar-refractivity contribution in [3.63, 3.8) is 0 Å². The Bertz CT molecular complexity index is 992. The molecule has 2 aromatic carbocycles. The minimum absolute atomic E-state index is 0.182. The number of anilines is 1. The zero-order valence-electron chi connectivity index (χ0n) is 17.8. The lowest BCUT2D eigenvalue weighted by Crippen LogP contribution is -2.44. The van der Waals surface area contributed by atoms with Gasteiger partial charge in [-0.3, -0.25) is 0 Å². The number of halogens is 3. The Labute approximate surface area is 185 Å². The van der Waals surface area contributed by atoms with Crippen LogP contribution in [-0.2, 0) is 11.9 Å². The molecule has 1 fully saturated rings. The summed E-state index contributed by atoms with van der Waals surface area (Å²) in [4.78, 5) is 2.53. The molecular formula is C24H27F3N2OS. The topological polar surface area (TPSA) is 24.5 Å². The number of hydrogen-bond donors (Lipinski definition) is 1. The van der Waals surface area contributed by atoms with E-state index in [-0.39, 0.29) is 17.4 Å². The molecule has 2 aromatic rings. The first-order valence-electron chi connectivity index (χ1n) is 10.9. The molecule has 0 aliphatic carbocycles. The van der Waals surface area contributed by atoms with Gasteiger partial charge in [-0.25, -0.2) is 0 Å². The molecule has 166 valence electrons. The Balaban J connectivity index is 1.65. The van der Waals surface area contributed by atoms with Gasteiger partial charge in [0.25, 0.3) is 0 Å². The number of alkyl halides is 3. The molecular weight excluding hydrogens is 421 g/mol. The van der Waals surface area contributed by atoms with E-state index in [1.165, 1.54) is 16.8 Å². The summed E-state index contributed by atoms with van der Waals surface area (Å²) in [6.07, 6.45) is -3.55. The molecule has 3 nitrogen and oxygen atoms in total. The van der Waals surface area contributed by atoms with Crippen molar-refractivity contribution in [2.45, 2.75) is 50.3 Å². The Kier molecular flexibility index (Phi) is 5.37. The summed E-state index contributed by atoms with van der Waals surface area (Å²) in [5, 5.41) is 3.49. The highest BCUT2D eigenvalue weighted by molar-refractivity contribution is 7.98. The third kappa shape index (κ3) is 3.80. The average molecular weight is 449 g/mol. The molecule has 31 heavy (non-hydrogen) atoms. The smallest absolute Gasteiger partial charge is 0.417 e. The fourth-order valence-electron chi connectivity index (χ4n) is 5.30. The van der Waals surface area contributed by atoms with E-state index in [0.29, 0.717) is 17.5 Å². The predicted molar refractivity (Wildman–Crippen MR) is 120 cm³/mol. The van der Waals surface area contributed by atoms with Gasteiger partial charge in [-0.15, -0.1) is 0 Å². The van der Waals surface area contributed by atoms with E-state index in [1.54, 1.807) is 12.1 Å². The summed E-state index contributed by atoms with van der Waals surface area (Å²) >= 11 is 1.87. The minimum atomic E-state index is -4.45. The molecule has 2 atom stereocenters. The van der Waals surface area contributed by atoms with Crippen molar-refractivity contribution in [3.05, 3.63) is 47.0 Å². The van der Waals surface area contributed by atoms with Gasteiger partial charge in [0.05, 0.1) is 11.7 Å². The van der Waals surface area contributed by atoms with Crippen LogP contribution < -0.4 is 15.0 Å². The molecule has 0 unspecified atom stereocenters. The highest BCUT2D eigenvalue weighted by Crippen LogP contribution is 2.50. The van der Waals surface area contributed by atoms with Crippen LogP contribution in [-0.4, -0.2) is 37.5 Å². The SMILES string of the molecule is CC(C)Oc1ccc(-c2cc3c4c(c2)[C@@H]2CNCC[C@@H]2N4CCSC3)c(C(F)(F)F)c1. The molecule has 0 aromatic heterocycles. The van der Waals surface area contributed by atoms with Crippen LogP contribution in [0.2, 0.25) is 0 Å². The number of ether oxygens (including phenoxy) is 1. The second kappa shape index (κ2) is 7.93. The highest BCUT2D eigenvalue weighted by Gasteiger charge is 2.42. The third-order valence-corrected chi connectivity index (χ3v) is 7.45. The van der Waals surface area contributed by atoms with Gasteiger partial charge in [-0.2, -0.15) is 24.9 Å². The largest absolute Gasteiger partial charge is 0.491 e. The summed E-state index contributed by atoms with van der Waals surface area (Å²) in [5.74, 6) is 2.48. The average Bonchev–Trinajstić information content (AvgIpc) is 2.88. The number of thioether (sulfide) groups is 1. The molecule has 0 amide bonds.